The van der Waals surface area contributed by atoms with Gasteiger partial charge in [-0.05, 0) is 83.4 Å². The van der Waals surface area contributed by atoms with Crippen LogP contribution in [-0.4, -0.2) is 47.4 Å². The number of fused-ring (bicyclic) bond motifs is 4. The first-order valence-electron chi connectivity index (χ1n) is 12.8. The summed E-state index contributed by atoms with van der Waals surface area (Å²) < 4.78 is 13.0. The van der Waals surface area contributed by atoms with Crippen molar-refractivity contribution in [1.29, 1.82) is 0 Å². The Hall–Kier alpha value is -2.61. The van der Waals surface area contributed by atoms with Crippen molar-refractivity contribution >= 4 is 39.5 Å². The Kier molecular flexibility index (Phi) is 8.03. The van der Waals surface area contributed by atoms with Crippen LogP contribution in [0.4, 0.5) is 0 Å². The highest BCUT2D eigenvalue weighted by Crippen LogP contribution is 2.44. The van der Waals surface area contributed by atoms with Gasteiger partial charge in [0, 0.05) is 20.2 Å². The van der Waals surface area contributed by atoms with E-state index in [1.165, 1.54) is 7.11 Å². The molecule has 2 heterocycles. The van der Waals surface area contributed by atoms with Crippen LogP contribution >= 0.6 is 22.6 Å². The van der Waals surface area contributed by atoms with Gasteiger partial charge in [-0.3, -0.25) is 4.79 Å². The van der Waals surface area contributed by atoms with E-state index in [-0.39, 0.29) is 23.9 Å². The third-order valence-corrected chi connectivity index (χ3v) is 9.10. The number of nitrogens with one attached hydrogen (secondary N) is 1. The lowest BCUT2D eigenvalue weighted by molar-refractivity contribution is -0.158. The number of H-pyrrole nitrogens is 1. The minimum Gasteiger partial charge on any atom is -0.469 e. The van der Waals surface area contributed by atoms with Crippen LogP contribution in [0, 0.1) is 27.9 Å². The Labute approximate surface area is 231 Å². The molecule has 8 heteroatoms. The summed E-state index contributed by atoms with van der Waals surface area (Å²) in [4.78, 5) is 20.4. The van der Waals surface area contributed by atoms with Crippen molar-refractivity contribution in [3.8, 4) is 0 Å². The van der Waals surface area contributed by atoms with Gasteiger partial charge in [-0.15, -0.1) is 5.01 Å². The number of aliphatic hydroxyl groups is 1. The number of ether oxygens (including phenoxy) is 2. The van der Waals surface area contributed by atoms with Gasteiger partial charge >= 0.3 is 5.97 Å². The standard InChI is InChI=1S/C29H32IN3O4/c1-31-33-14-13-21-20-8-4-6-10-24(20)32-28(21)26(37-17-19-7-3-5-9-23(19)30)15-22-18(16-33)11-12-25(34)27(22)29(35)36-2/h3-10,18,22,25-27,32,34H,11-17H2,2H3/t18-,22-,25-,26-,27+/m0/s1. The molecule has 0 radical (unpaired) electrons. The van der Waals surface area contributed by atoms with Crippen molar-refractivity contribution in [2.75, 3.05) is 20.2 Å². The number of benzene rings is 2. The zero-order chi connectivity index (χ0) is 25.9. The second-order valence-corrected chi connectivity index (χ2v) is 11.2. The van der Waals surface area contributed by atoms with Crippen molar-refractivity contribution in [2.45, 2.75) is 44.5 Å². The molecule has 1 fully saturated rings. The first-order chi connectivity index (χ1) is 18.0. The van der Waals surface area contributed by atoms with E-state index < -0.39 is 12.0 Å². The zero-order valence-electron chi connectivity index (χ0n) is 20.9. The van der Waals surface area contributed by atoms with Crippen molar-refractivity contribution in [2.24, 2.45) is 17.8 Å². The summed E-state index contributed by atoms with van der Waals surface area (Å²) >= 11 is 2.33. The number of esters is 1. The maximum atomic E-state index is 12.9. The second-order valence-electron chi connectivity index (χ2n) is 10.1. The summed E-state index contributed by atoms with van der Waals surface area (Å²) in [6.07, 6.45) is 1.49. The van der Waals surface area contributed by atoms with E-state index in [1.807, 2.05) is 24.3 Å². The minimum atomic E-state index is -0.768. The van der Waals surface area contributed by atoms with Crippen molar-refractivity contribution in [3.63, 3.8) is 0 Å². The lowest BCUT2D eigenvalue weighted by Crippen LogP contribution is -2.47. The molecule has 2 N–H and O–H groups in total. The summed E-state index contributed by atoms with van der Waals surface area (Å²) in [5, 5.41) is 13.9. The monoisotopic (exact) mass is 613 g/mol. The number of hydrogen-bond donors (Lipinski definition) is 2. The van der Waals surface area contributed by atoms with Crippen LogP contribution in [0.5, 0.6) is 0 Å². The summed E-state index contributed by atoms with van der Waals surface area (Å²) in [5.41, 5.74) is 4.30. The number of para-hydroxylation sites is 1. The number of methoxy groups -OCH3 is 1. The van der Waals surface area contributed by atoms with E-state index in [0.717, 1.165) is 44.1 Å². The number of hydrogen-bond acceptors (Lipinski definition) is 5. The van der Waals surface area contributed by atoms with Gasteiger partial charge in [0.15, 0.2) is 0 Å². The molecule has 1 aliphatic carbocycles. The lowest BCUT2D eigenvalue weighted by atomic mass is 9.67. The molecule has 1 saturated carbocycles. The Morgan fingerprint density at radius 2 is 2.00 bits per heavy atom. The van der Waals surface area contributed by atoms with E-state index in [9.17, 15) is 9.90 Å². The molecular weight excluding hydrogens is 581 g/mol. The Morgan fingerprint density at radius 1 is 1.22 bits per heavy atom. The molecule has 0 saturated heterocycles. The highest BCUT2D eigenvalue weighted by Gasteiger charge is 2.46. The quantitative estimate of drug-likeness (QED) is 0.238. The highest BCUT2D eigenvalue weighted by molar-refractivity contribution is 14.1. The largest absolute Gasteiger partial charge is 0.469 e. The van der Waals surface area contributed by atoms with E-state index >= 15 is 0 Å². The number of nitrogens with zero attached hydrogens (tertiary/aromatic N) is 2. The number of aromatic nitrogens is 1. The van der Waals surface area contributed by atoms with E-state index in [0.29, 0.717) is 32.5 Å². The second kappa shape index (κ2) is 11.4. The van der Waals surface area contributed by atoms with Gasteiger partial charge in [-0.1, -0.05) is 36.4 Å². The van der Waals surface area contributed by atoms with Crippen LogP contribution in [-0.2, 0) is 27.3 Å². The zero-order valence-corrected chi connectivity index (χ0v) is 23.1. The Morgan fingerprint density at radius 3 is 2.78 bits per heavy atom. The first kappa shape index (κ1) is 26.0. The lowest BCUT2D eigenvalue weighted by Gasteiger charge is -2.41. The molecule has 0 amide bonds. The Bertz CT molecular complexity index is 1300. The number of rotatable bonds is 4. The maximum absolute atomic E-state index is 12.9. The highest BCUT2D eigenvalue weighted by atomic mass is 127. The van der Waals surface area contributed by atoms with Gasteiger partial charge in [0.2, 0.25) is 0 Å². The molecule has 1 aliphatic heterocycles. The van der Waals surface area contributed by atoms with Crippen LogP contribution < -0.4 is 0 Å². The predicted octanol–water partition coefficient (Wildman–Crippen LogP) is 5.29. The van der Waals surface area contributed by atoms with E-state index in [1.54, 1.807) is 5.01 Å². The van der Waals surface area contributed by atoms with Crippen LogP contribution in [0.3, 0.4) is 0 Å². The molecule has 2 aliphatic rings. The average Bonchev–Trinajstić information content (AvgIpc) is 3.28. The molecule has 3 aromatic rings. The van der Waals surface area contributed by atoms with Gasteiger partial charge < -0.3 is 19.6 Å². The SMILES string of the molecule is [C-]#[N+]N1CCc2c([nH]c3ccccc23)[C@@H](OCc2ccccc2I)C[C@H]2[C@@H](CC[C@H](O)[C@@H]2C(=O)OC)C1. The third-order valence-electron chi connectivity index (χ3n) is 8.05. The van der Waals surface area contributed by atoms with E-state index in [2.05, 4.69) is 56.8 Å². The average molecular weight is 613 g/mol. The normalized spacial score (nSPS) is 26.1. The molecule has 194 valence electrons. The molecule has 7 nitrogen and oxygen atoms in total. The van der Waals surface area contributed by atoms with Crippen LogP contribution in [0.25, 0.3) is 15.9 Å². The van der Waals surface area contributed by atoms with Gasteiger partial charge in [-0.25, -0.2) is 0 Å². The molecule has 2 aromatic carbocycles. The number of aliphatic hydroxyl groups excluding tert-OH is 1. The van der Waals surface area contributed by atoms with Crippen molar-refractivity contribution < 1.29 is 19.4 Å². The summed E-state index contributed by atoms with van der Waals surface area (Å²) in [6, 6.07) is 16.4. The smallest absolute Gasteiger partial charge is 0.311 e. The summed E-state index contributed by atoms with van der Waals surface area (Å²) in [6.45, 7) is 9.41. The number of aromatic amines is 1. The van der Waals surface area contributed by atoms with Gasteiger partial charge in [0.1, 0.15) is 0 Å². The van der Waals surface area contributed by atoms with Gasteiger partial charge in [0.25, 0.3) is 0 Å². The van der Waals surface area contributed by atoms with E-state index in [4.69, 9.17) is 16.0 Å². The van der Waals surface area contributed by atoms with Crippen LogP contribution in [0.15, 0.2) is 48.5 Å². The third kappa shape index (κ3) is 5.35. The number of carbonyl (C=O) groups is 1. The fraction of sp³-hybridized carbons (Fsp3) is 0.448. The molecule has 5 atom stereocenters. The van der Waals surface area contributed by atoms with Crippen molar-refractivity contribution in [3.05, 3.63) is 80.4 Å². The maximum Gasteiger partial charge on any atom is 0.311 e. The summed E-state index contributed by atoms with van der Waals surface area (Å²) in [7, 11) is 1.38. The summed E-state index contributed by atoms with van der Waals surface area (Å²) in [5.74, 6) is -1.14. The molecular formula is C29H32IN3O4. The molecule has 37 heavy (non-hydrogen) atoms. The topological polar surface area (TPSA) is 79.2 Å². The van der Waals surface area contributed by atoms with Gasteiger partial charge in [0.05, 0.1) is 44.9 Å². The van der Waals surface area contributed by atoms with Crippen LogP contribution in [0.2, 0.25) is 0 Å². The molecule has 5 rings (SSSR count). The van der Waals surface area contributed by atoms with Gasteiger partial charge in [-0.2, -0.15) is 11.5 Å². The molecule has 0 spiro atoms. The Balaban J connectivity index is 1.59. The van der Waals surface area contributed by atoms with Crippen molar-refractivity contribution in [1.82, 2.24) is 9.99 Å². The number of halogens is 1. The molecule has 0 bridgehead atoms. The predicted molar refractivity (Wildman–Crippen MR) is 149 cm³/mol. The molecule has 1 aromatic heterocycles. The molecule has 0 unspecified atom stereocenters. The van der Waals surface area contributed by atoms with Crippen LogP contribution in [0.1, 0.15) is 42.2 Å². The fourth-order valence-corrected chi connectivity index (χ4v) is 6.71. The minimum absolute atomic E-state index is 0.0792. The number of carbonyl (C=O) groups excluding carboxylic acids is 1. The fourth-order valence-electron chi connectivity index (χ4n) is 6.17. The first-order valence-corrected chi connectivity index (χ1v) is 13.9.